The normalized spacial score (nSPS) is 10.5. The van der Waals surface area contributed by atoms with Crippen LogP contribution in [-0.4, -0.2) is 25.0 Å². The van der Waals surface area contributed by atoms with E-state index in [-0.39, 0.29) is 5.91 Å². The quantitative estimate of drug-likeness (QED) is 0.535. The van der Waals surface area contributed by atoms with Crippen LogP contribution in [-0.2, 0) is 13.1 Å². The summed E-state index contributed by atoms with van der Waals surface area (Å²) in [7, 11) is 3.11. The lowest BCUT2D eigenvalue weighted by Gasteiger charge is -2.23. The van der Waals surface area contributed by atoms with Crippen molar-refractivity contribution in [2.45, 2.75) is 13.1 Å². The number of amides is 1. The standard InChI is InChI=1S/C21H20BrNO4/c1-25-18-11-16(12-19(26-2)20(18)22)21(24)23(14-17-9-6-10-27-17)13-15-7-4-3-5-8-15/h3-12H,13-14H2,1-2H3. The second-order valence-electron chi connectivity index (χ2n) is 5.92. The van der Waals surface area contributed by atoms with E-state index in [9.17, 15) is 4.79 Å². The summed E-state index contributed by atoms with van der Waals surface area (Å²) in [5.41, 5.74) is 1.52. The van der Waals surface area contributed by atoms with Crippen molar-refractivity contribution in [3.8, 4) is 11.5 Å². The lowest BCUT2D eigenvalue weighted by molar-refractivity contribution is 0.0717. The number of benzene rings is 2. The van der Waals surface area contributed by atoms with E-state index in [0.29, 0.717) is 34.6 Å². The van der Waals surface area contributed by atoms with E-state index in [1.807, 2.05) is 42.5 Å². The number of nitrogens with zero attached hydrogens (tertiary/aromatic N) is 1. The summed E-state index contributed by atoms with van der Waals surface area (Å²) in [6.07, 6.45) is 1.60. The molecular weight excluding hydrogens is 410 g/mol. The molecule has 3 rings (SSSR count). The summed E-state index contributed by atoms with van der Waals surface area (Å²) in [4.78, 5) is 15.0. The maximum atomic E-state index is 13.3. The largest absolute Gasteiger partial charge is 0.495 e. The van der Waals surface area contributed by atoms with E-state index >= 15 is 0 Å². The highest BCUT2D eigenvalue weighted by atomic mass is 79.9. The topological polar surface area (TPSA) is 51.9 Å². The average molecular weight is 430 g/mol. The fourth-order valence-corrected chi connectivity index (χ4v) is 3.32. The Bertz CT molecular complexity index is 869. The van der Waals surface area contributed by atoms with Crippen LogP contribution < -0.4 is 9.47 Å². The summed E-state index contributed by atoms with van der Waals surface area (Å²) in [6.45, 7) is 0.822. The second kappa shape index (κ2) is 8.77. The van der Waals surface area contributed by atoms with Crippen LogP contribution >= 0.6 is 15.9 Å². The van der Waals surface area contributed by atoms with Gasteiger partial charge in [-0.2, -0.15) is 0 Å². The van der Waals surface area contributed by atoms with Gasteiger partial charge >= 0.3 is 0 Å². The van der Waals surface area contributed by atoms with Crippen molar-refractivity contribution in [1.29, 1.82) is 0 Å². The Morgan fingerprint density at radius 3 is 2.22 bits per heavy atom. The van der Waals surface area contributed by atoms with Gasteiger partial charge in [-0.25, -0.2) is 0 Å². The Kier molecular flexibility index (Phi) is 6.19. The number of methoxy groups -OCH3 is 2. The summed E-state index contributed by atoms with van der Waals surface area (Å²) >= 11 is 3.43. The highest BCUT2D eigenvalue weighted by molar-refractivity contribution is 9.10. The van der Waals surface area contributed by atoms with Crippen molar-refractivity contribution in [3.63, 3.8) is 0 Å². The zero-order valence-electron chi connectivity index (χ0n) is 15.1. The average Bonchev–Trinajstić information content (AvgIpc) is 3.21. The molecule has 1 amide bonds. The van der Waals surface area contributed by atoms with Crippen molar-refractivity contribution in [2.24, 2.45) is 0 Å². The smallest absolute Gasteiger partial charge is 0.254 e. The summed E-state index contributed by atoms with van der Waals surface area (Å²) < 4.78 is 16.8. The van der Waals surface area contributed by atoms with E-state index in [1.165, 1.54) is 0 Å². The number of rotatable bonds is 7. The Morgan fingerprint density at radius 1 is 1.00 bits per heavy atom. The van der Waals surface area contributed by atoms with Crippen molar-refractivity contribution in [1.82, 2.24) is 4.90 Å². The van der Waals surface area contributed by atoms with Gasteiger partial charge in [-0.3, -0.25) is 4.79 Å². The molecule has 0 unspecified atom stereocenters. The number of hydrogen-bond acceptors (Lipinski definition) is 4. The first-order valence-electron chi connectivity index (χ1n) is 8.39. The molecule has 0 spiro atoms. The Labute approximate surface area is 166 Å². The first-order chi connectivity index (χ1) is 13.1. The number of ether oxygens (including phenoxy) is 2. The summed E-state index contributed by atoms with van der Waals surface area (Å²) in [5, 5.41) is 0. The third-order valence-corrected chi connectivity index (χ3v) is 4.90. The Balaban J connectivity index is 1.94. The van der Waals surface area contributed by atoms with Gasteiger partial charge in [0.15, 0.2) is 0 Å². The fourth-order valence-electron chi connectivity index (χ4n) is 2.77. The molecule has 0 aliphatic heterocycles. The second-order valence-corrected chi connectivity index (χ2v) is 6.71. The maximum absolute atomic E-state index is 13.3. The molecule has 3 aromatic rings. The lowest BCUT2D eigenvalue weighted by Crippen LogP contribution is -2.30. The fraction of sp³-hybridized carbons (Fsp3) is 0.190. The van der Waals surface area contributed by atoms with Crippen LogP contribution in [0.2, 0.25) is 0 Å². The van der Waals surface area contributed by atoms with Crippen LogP contribution in [0.1, 0.15) is 21.7 Å². The number of furan rings is 1. The minimum atomic E-state index is -0.139. The molecule has 2 aromatic carbocycles. The van der Waals surface area contributed by atoms with Gasteiger partial charge < -0.3 is 18.8 Å². The minimum Gasteiger partial charge on any atom is -0.495 e. The van der Waals surface area contributed by atoms with Crippen LogP contribution in [0.25, 0.3) is 0 Å². The Morgan fingerprint density at radius 2 is 1.67 bits per heavy atom. The van der Waals surface area contributed by atoms with Gasteiger partial charge in [-0.1, -0.05) is 30.3 Å². The lowest BCUT2D eigenvalue weighted by atomic mass is 10.1. The zero-order valence-corrected chi connectivity index (χ0v) is 16.7. The predicted octanol–water partition coefficient (Wildman–Crippen LogP) is 4.90. The molecule has 1 aromatic heterocycles. The number of carbonyl (C=O) groups is 1. The molecule has 0 radical (unpaired) electrons. The molecule has 0 saturated carbocycles. The maximum Gasteiger partial charge on any atom is 0.254 e. The number of hydrogen-bond donors (Lipinski definition) is 0. The molecule has 0 aliphatic rings. The summed E-state index contributed by atoms with van der Waals surface area (Å²) in [6, 6.07) is 16.9. The number of carbonyl (C=O) groups excluding carboxylic acids is 1. The van der Waals surface area contributed by atoms with Crippen molar-refractivity contribution in [3.05, 3.63) is 82.2 Å². The molecule has 27 heavy (non-hydrogen) atoms. The molecule has 5 nitrogen and oxygen atoms in total. The molecule has 140 valence electrons. The minimum absolute atomic E-state index is 0.139. The molecule has 1 heterocycles. The van der Waals surface area contributed by atoms with Crippen LogP contribution in [0.3, 0.4) is 0 Å². The molecular formula is C21H20BrNO4. The van der Waals surface area contributed by atoms with Crippen LogP contribution in [0.5, 0.6) is 11.5 Å². The molecule has 0 atom stereocenters. The molecule has 0 bridgehead atoms. The van der Waals surface area contributed by atoms with Gasteiger partial charge in [-0.15, -0.1) is 0 Å². The van der Waals surface area contributed by atoms with Crippen LogP contribution in [0.15, 0.2) is 69.8 Å². The molecule has 0 aliphatic carbocycles. The van der Waals surface area contributed by atoms with E-state index in [2.05, 4.69) is 15.9 Å². The molecule has 0 saturated heterocycles. The van der Waals surface area contributed by atoms with E-state index in [0.717, 1.165) is 11.3 Å². The SMILES string of the molecule is COc1cc(C(=O)N(Cc2ccccc2)Cc2ccco2)cc(OC)c1Br. The van der Waals surface area contributed by atoms with Gasteiger partial charge in [-0.05, 0) is 45.8 Å². The van der Waals surface area contributed by atoms with Crippen LogP contribution in [0, 0.1) is 0 Å². The van der Waals surface area contributed by atoms with E-state index in [1.54, 1.807) is 37.5 Å². The van der Waals surface area contributed by atoms with Gasteiger partial charge in [0.1, 0.15) is 21.7 Å². The molecule has 6 heteroatoms. The van der Waals surface area contributed by atoms with Crippen molar-refractivity contribution in [2.75, 3.05) is 14.2 Å². The predicted molar refractivity (Wildman–Crippen MR) is 106 cm³/mol. The highest BCUT2D eigenvalue weighted by Gasteiger charge is 2.21. The monoisotopic (exact) mass is 429 g/mol. The third-order valence-electron chi connectivity index (χ3n) is 4.12. The van der Waals surface area contributed by atoms with Crippen LogP contribution in [0.4, 0.5) is 0 Å². The highest BCUT2D eigenvalue weighted by Crippen LogP contribution is 2.36. The van der Waals surface area contributed by atoms with E-state index < -0.39 is 0 Å². The zero-order chi connectivity index (χ0) is 19.2. The Hall–Kier alpha value is -2.73. The third kappa shape index (κ3) is 4.52. The first-order valence-corrected chi connectivity index (χ1v) is 9.18. The molecule has 0 fully saturated rings. The van der Waals surface area contributed by atoms with Gasteiger partial charge in [0.05, 0.1) is 27.0 Å². The van der Waals surface area contributed by atoms with E-state index in [4.69, 9.17) is 13.9 Å². The summed E-state index contributed by atoms with van der Waals surface area (Å²) in [5.74, 6) is 1.65. The van der Waals surface area contributed by atoms with Crippen molar-refractivity contribution >= 4 is 21.8 Å². The van der Waals surface area contributed by atoms with Crippen molar-refractivity contribution < 1.29 is 18.7 Å². The van der Waals surface area contributed by atoms with Gasteiger partial charge in [0.2, 0.25) is 0 Å². The number of halogens is 1. The van der Waals surface area contributed by atoms with Gasteiger partial charge in [0, 0.05) is 12.1 Å². The first kappa shape index (κ1) is 19.0. The molecule has 0 N–H and O–H groups in total. The van der Waals surface area contributed by atoms with Gasteiger partial charge in [0.25, 0.3) is 5.91 Å².